The van der Waals surface area contributed by atoms with E-state index in [-0.39, 0.29) is 24.4 Å². The van der Waals surface area contributed by atoms with E-state index in [1.165, 1.54) is 0 Å². The molecule has 0 aromatic carbocycles. The number of likely N-dealkylation sites (N-methyl/N-ethyl adjacent to an activating group) is 1. The fraction of sp³-hybridized carbons (Fsp3) is 0.750. The minimum absolute atomic E-state index is 0.0452. The minimum Gasteiger partial charge on any atom is -0.352 e. The maximum absolute atomic E-state index is 11.7. The van der Waals surface area contributed by atoms with Gasteiger partial charge in [0.15, 0.2) is 5.82 Å². The van der Waals surface area contributed by atoms with E-state index >= 15 is 0 Å². The third kappa shape index (κ3) is 4.01. The number of carbonyl (C=O) groups excluding carboxylic acids is 1. The molecule has 6 heteroatoms. The molecule has 1 rings (SSSR count). The van der Waals surface area contributed by atoms with Crippen molar-refractivity contribution >= 4 is 11.9 Å². The molecule has 102 valence electrons. The van der Waals surface area contributed by atoms with Crippen LogP contribution in [0.2, 0.25) is 0 Å². The molecule has 0 spiro atoms. The smallest absolute Gasteiger partial charge is 0.324 e. The van der Waals surface area contributed by atoms with Crippen molar-refractivity contribution in [2.24, 2.45) is 0 Å². The molecular weight excluding hydrogens is 232 g/mol. The number of aromatic nitrogens is 2. The van der Waals surface area contributed by atoms with Crippen molar-refractivity contribution in [3.63, 3.8) is 0 Å². The van der Waals surface area contributed by atoms with E-state index in [1.54, 1.807) is 4.90 Å². The molecule has 0 bridgehead atoms. The normalized spacial score (nSPS) is 11.1. The Morgan fingerprint density at radius 1 is 1.39 bits per heavy atom. The van der Waals surface area contributed by atoms with Crippen molar-refractivity contribution in [3.8, 4) is 0 Å². The van der Waals surface area contributed by atoms with Crippen molar-refractivity contribution in [1.82, 2.24) is 15.5 Å². The van der Waals surface area contributed by atoms with Crippen LogP contribution in [0.1, 0.15) is 46.4 Å². The van der Waals surface area contributed by atoms with E-state index in [0.29, 0.717) is 18.4 Å². The van der Waals surface area contributed by atoms with Gasteiger partial charge in [-0.15, -0.1) is 0 Å². The number of nitrogens with zero attached hydrogens (tertiary/aromatic N) is 3. The molecule has 18 heavy (non-hydrogen) atoms. The first kappa shape index (κ1) is 14.5. The average molecular weight is 254 g/mol. The second kappa shape index (κ2) is 6.37. The summed E-state index contributed by atoms with van der Waals surface area (Å²) in [6.07, 6.45) is 0. The first-order chi connectivity index (χ1) is 8.43. The molecule has 0 unspecified atom stereocenters. The zero-order valence-electron chi connectivity index (χ0n) is 11.7. The number of hydrogen-bond donors (Lipinski definition) is 1. The number of carbonyl (C=O) groups is 1. The zero-order chi connectivity index (χ0) is 13.7. The molecule has 1 aromatic rings. The topological polar surface area (TPSA) is 71.3 Å². The monoisotopic (exact) mass is 254 g/mol. The lowest BCUT2D eigenvalue weighted by Crippen LogP contribution is -2.40. The summed E-state index contributed by atoms with van der Waals surface area (Å²) >= 11 is 0. The summed E-state index contributed by atoms with van der Waals surface area (Å²) in [6, 6.07) is 0.533. The van der Waals surface area contributed by atoms with Gasteiger partial charge in [-0.05, 0) is 20.8 Å². The molecule has 0 fully saturated rings. The van der Waals surface area contributed by atoms with Crippen LogP contribution in [0.5, 0.6) is 0 Å². The highest BCUT2D eigenvalue weighted by Crippen LogP contribution is 2.15. The van der Waals surface area contributed by atoms with Gasteiger partial charge in [0.05, 0.1) is 0 Å². The van der Waals surface area contributed by atoms with Crippen molar-refractivity contribution in [1.29, 1.82) is 0 Å². The number of rotatable bonds is 6. The first-order valence-corrected chi connectivity index (χ1v) is 6.32. The van der Waals surface area contributed by atoms with Gasteiger partial charge in [0.1, 0.15) is 6.54 Å². The standard InChI is InChI=1S/C12H22N4O2/c1-6-16(7-10(17)13-9(4)5)12-14-11(8(2)3)15-18-12/h8-9H,6-7H2,1-5H3,(H,13,17). The van der Waals surface area contributed by atoms with Crippen LogP contribution in [0.25, 0.3) is 0 Å². The second-order valence-electron chi connectivity index (χ2n) is 4.83. The Hall–Kier alpha value is -1.59. The van der Waals surface area contributed by atoms with E-state index in [0.717, 1.165) is 0 Å². The van der Waals surface area contributed by atoms with Gasteiger partial charge in [-0.25, -0.2) is 0 Å². The summed E-state index contributed by atoms with van der Waals surface area (Å²) in [5.41, 5.74) is 0. The van der Waals surface area contributed by atoms with Crippen LogP contribution in [0.15, 0.2) is 4.52 Å². The quantitative estimate of drug-likeness (QED) is 0.833. The van der Waals surface area contributed by atoms with Gasteiger partial charge < -0.3 is 14.7 Å². The third-order valence-corrected chi connectivity index (χ3v) is 2.38. The summed E-state index contributed by atoms with van der Waals surface area (Å²) in [5.74, 6) is 0.828. The number of anilines is 1. The Kier molecular flexibility index (Phi) is 5.12. The maximum atomic E-state index is 11.7. The average Bonchev–Trinajstić information content (AvgIpc) is 2.74. The van der Waals surface area contributed by atoms with E-state index < -0.39 is 0 Å². The highest BCUT2D eigenvalue weighted by molar-refractivity contribution is 5.80. The number of hydrogen-bond acceptors (Lipinski definition) is 5. The van der Waals surface area contributed by atoms with Crippen molar-refractivity contribution in [3.05, 3.63) is 5.82 Å². The fourth-order valence-electron chi connectivity index (χ4n) is 1.45. The van der Waals surface area contributed by atoms with Crippen LogP contribution in [-0.4, -0.2) is 35.2 Å². The molecule has 6 nitrogen and oxygen atoms in total. The Morgan fingerprint density at radius 2 is 2.06 bits per heavy atom. The lowest BCUT2D eigenvalue weighted by Gasteiger charge is -2.18. The fourth-order valence-corrected chi connectivity index (χ4v) is 1.45. The highest BCUT2D eigenvalue weighted by Gasteiger charge is 2.17. The van der Waals surface area contributed by atoms with E-state index in [9.17, 15) is 4.79 Å². The lowest BCUT2D eigenvalue weighted by atomic mass is 10.2. The van der Waals surface area contributed by atoms with E-state index in [4.69, 9.17) is 4.52 Å². The van der Waals surface area contributed by atoms with Gasteiger partial charge in [-0.3, -0.25) is 4.79 Å². The molecule has 0 aliphatic carbocycles. The first-order valence-electron chi connectivity index (χ1n) is 6.32. The third-order valence-electron chi connectivity index (χ3n) is 2.38. The van der Waals surface area contributed by atoms with Gasteiger partial charge in [0.25, 0.3) is 0 Å². The number of amides is 1. The SMILES string of the molecule is CCN(CC(=O)NC(C)C)c1nc(C(C)C)no1. The van der Waals surface area contributed by atoms with Crippen LogP contribution in [0.4, 0.5) is 6.01 Å². The van der Waals surface area contributed by atoms with E-state index in [2.05, 4.69) is 15.5 Å². The summed E-state index contributed by atoms with van der Waals surface area (Å²) in [6.45, 7) is 10.7. The Bertz CT molecular complexity index is 387. The summed E-state index contributed by atoms with van der Waals surface area (Å²) in [5, 5.41) is 6.73. The zero-order valence-corrected chi connectivity index (χ0v) is 11.7. The van der Waals surface area contributed by atoms with Crippen LogP contribution in [-0.2, 0) is 4.79 Å². The molecule has 0 atom stereocenters. The lowest BCUT2D eigenvalue weighted by molar-refractivity contribution is -0.120. The van der Waals surface area contributed by atoms with Gasteiger partial charge in [0.2, 0.25) is 5.91 Å². The minimum atomic E-state index is -0.0452. The Labute approximate surface area is 108 Å². The molecule has 1 aromatic heterocycles. The molecule has 1 N–H and O–H groups in total. The van der Waals surface area contributed by atoms with Crippen LogP contribution < -0.4 is 10.2 Å². The number of nitrogens with one attached hydrogen (secondary N) is 1. The van der Waals surface area contributed by atoms with Gasteiger partial charge >= 0.3 is 6.01 Å². The second-order valence-corrected chi connectivity index (χ2v) is 4.83. The van der Waals surface area contributed by atoms with Crippen molar-refractivity contribution in [2.75, 3.05) is 18.0 Å². The largest absolute Gasteiger partial charge is 0.352 e. The highest BCUT2D eigenvalue weighted by atomic mass is 16.5. The van der Waals surface area contributed by atoms with Crippen molar-refractivity contribution < 1.29 is 9.32 Å². The summed E-state index contributed by atoms with van der Waals surface area (Å²) in [7, 11) is 0. The summed E-state index contributed by atoms with van der Waals surface area (Å²) in [4.78, 5) is 17.7. The Balaban J connectivity index is 2.67. The Morgan fingerprint density at radius 3 is 2.50 bits per heavy atom. The van der Waals surface area contributed by atoms with Gasteiger partial charge in [0, 0.05) is 18.5 Å². The molecular formula is C12H22N4O2. The van der Waals surface area contributed by atoms with Crippen LogP contribution >= 0.6 is 0 Å². The molecule has 0 saturated heterocycles. The molecule has 0 aliphatic rings. The molecule has 1 heterocycles. The van der Waals surface area contributed by atoms with Crippen molar-refractivity contribution in [2.45, 2.75) is 46.6 Å². The van der Waals surface area contributed by atoms with E-state index in [1.807, 2.05) is 34.6 Å². The molecule has 0 radical (unpaired) electrons. The predicted molar refractivity (Wildman–Crippen MR) is 69.6 cm³/mol. The van der Waals surface area contributed by atoms with Crippen LogP contribution in [0, 0.1) is 0 Å². The summed E-state index contributed by atoms with van der Waals surface area (Å²) < 4.78 is 5.17. The van der Waals surface area contributed by atoms with Gasteiger partial charge in [-0.2, -0.15) is 4.98 Å². The van der Waals surface area contributed by atoms with Gasteiger partial charge in [-0.1, -0.05) is 19.0 Å². The van der Waals surface area contributed by atoms with Crippen LogP contribution in [0.3, 0.4) is 0 Å². The predicted octanol–water partition coefficient (Wildman–Crippen LogP) is 1.54. The molecule has 0 saturated carbocycles. The maximum Gasteiger partial charge on any atom is 0.324 e. The molecule has 1 amide bonds. The molecule has 0 aliphatic heterocycles.